The first-order valence-corrected chi connectivity index (χ1v) is 10.1. The first kappa shape index (κ1) is 28.1. The Labute approximate surface area is 183 Å². The van der Waals surface area contributed by atoms with Gasteiger partial charge in [0.25, 0.3) is 0 Å². The highest BCUT2D eigenvalue weighted by Gasteiger charge is 2.31. The van der Waals surface area contributed by atoms with Crippen LogP contribution in [0.25, 0.3) is 0 Å². The molecule has 0 radical (unpaired) electrons. The largest absolute Gasteiger partial charge is 0.480 e. The van der Waals surface area contributed by atoms with Crippen LogP contribution < -0.4 is 21.3 Å². The SMILES string of the molecule is CC(C)[C@H](NC(=O)OC(C)(C)C)C(=O)N[C@H](C(=O)NCC(=O)N[C@@H](C)C(=O)O)C(C)C. The predicted molar refractivity (Wildman–Crippen MR) is 113 cm³/mol. The van der Waals surface area contributed by atoms with Crippen LogP contribution in [0, 0.1) is 11.8 Å². The summed E-state index contributed by atoms with van der Waals surface area (Å²) in [6.07, 6.45) is -0.754. The summed E-state index contributed by atoms with van der Waals surface area (Å²) in [5, 5.41) is 18.5. The number of carbonyl (C=O) groups excluding carboxylic acids is 4. The van der Waals surface area contributed by atoms with Crippen LogP contribution in [0.15, 0.2) is 0 Å². The molecule has 0 aliphatic carbocycles. The Hall–Kier alpha value is -2.85. The van der Waals surface area contributed by atoms with Crippen LogP contribution in [0.3, 0.4) is 0 Å². The average molecular weight is 445 g/mol. The Morgan fingerprint density at radius 1 is 0.806 bits per heavy atom. The molecule has 0 spiro atoms. The van der Waals surface area contributed by atoms with Gasteiger partial charge in [0.2, 0.25) is 17.7 Å². The van der Waals surface area contributed by atoms with Crippen LogP contribution in [0.2, 0.25) is 0 Å². The van der Waals surface area contributed by atoms with Crippen molar-refractivity contribution in [2.45, 2.75) is 79.1 Å². The summed E-state index contributed by atoms with van der Waals surface area (Å²) in [6, 6.07) is -3.02. The third kappa shape index (κ3) is 11.2. The second-order valence-corrected chi connectivity index (χ2v) is 8.94. The van der Waals surface area contributed by atoms with Gasteiger partial charge in [-0.15, -0.1) is 0 Å². The quantitative estimate of drug-likeness (QED) is 0.325. The zero-order valence-corrected chi connectivity index (χ0v) is 19.5. The summed E-state index contributed by atoms with van der Waals surface area (Å²) >= 11 is 0. The summed E-state index contributed by atoms with van der Waals surface area (Å²) in [5.74, 6) is -3.67. The van der Waals surface area contributed by atoms with Gasteiger partial charge in [-0.3, -0.25) is 19.2 Å². The number of alkyl carbamates (subject to hydrolysis) is 1. The Bertz CT molecular complexity index is 671. The summed E-state index contributed by atoms with van der Waals surface area (Å²) in [5.41, 5.74) is -0.735. The Morgan fingerprint density at radius 2 is 1.29 bits per heavy atom. The van der Waals surface area contributed by atoms with E-state index in [0.717, 1.165) is 0 Å². The lowest BCUT2D eigenvalue weighted by atomic mass is 10.00. The number of carboxylic acids is 1. The van der Waals surface area contributed by atoms with E-state index in [1.807, 2.05) is 0 Å². The molecule has 178 valence electrons. The highest BCUT2D eigenvalue weighted by atomic mass is 16.6. The zero-order valence-electron chi connectivity index (χ0n) is 19.5. The molecule has 0 aliphatic heterocycles. The van der Waals surface area contributed by atoms with Crippen molar-refractivity contribution < 1.29 is 33.8 Å². The van der Waals surface area contributed by atoms with Crippen molar-refractivity contribution in [1.29, 1.82) is 0 Å². The van der Waals surface area contributed by atoms with Crippen LogP contribution in [-0.2, 0) is 23.9 Å². The number of aliphatic carboxylic acids is 1. The molecule has 31 heavy (non-hydrogen) atoms. The molecular formula is C20H36N4O7. The lowest BCUT2D eigenvalue weighted by molar-refractivity contribution is -0.141. The molecule has 0 aromatic carbocycles. The van der Waals surface area contributed by atoms with Crippen LogP contribution in [0.5, 0.6) is 0 Å². The maximum absolute atomic E-state index is 12.8. The normalized spacial score (nSPS) is 14.3. The molecule has 0 aromatic rings. The van der Waals surface area contributed by atoms with Crippen molar-refractivity contribution in [2.24, 2.45) is 11.8 Å². The van der Waals surface area contributed by atoms with E-state index in [0.29, 0.717) is 0 Å². The predicted octanol–water partition coefficient (Wildman–Crippen LogP) is 0.382. The minimum absolute atomic E-state index is 0.285. The van der Waals surface area contributed by atoms with Gasteiger partial charge in [-0.2, -0.15) is 0 Å². The molecule has 4 amide bonds. The molecule has 0 aromatic heterocycles. The number of amides is 4. The molecule has 3 atom stereocenters. The van der Waals surface area contributed by atoms with Gasteiger partial charge in [0.1, 0.15) is 23.7 Å². The van der Waals surface area contributed by atoms with Crippen molar-refractivity contribution in [3.8, 4) is 0 Å². The fourth-order valence-electron chi connectivity index (χ4n) is 2.38. The van der Waals surface area contributed by atoms with E-state index in [-0.39, 0.29) is 11.8 Å². The standard InChI is InChI=1S/C20H36N4O7/c1-10(2)14(16(26)21-9-13(25)22-12(5)18(28)29)23-17(27)15(11(3)4)24-19(30)31-20(6,7)8/h10-12,14-15H,9H2,1-8H3,(H,21,26)(H,22,25)(H,23,27)(H,24,30)(H,28,29)/t12-,14-,15-/m0/s1. The second-order valence-electron chi connectivity index (χ2n) is 8.94. The third-order valence-corrected chi connectivity index (χ3v) is 4.04. The lowest BCUT2D eigenvalue weighted by Crippen LogP contribution is -2.57. The molecule has 0 bridgehead atoms. The van der Waals surface area contributed by atoms with Crippen molar-refractivity contribution in [2.75, 3.05) is 6.54 Å². The van der Waals surface area contributed by atoms with Gasteiger partial charge < -0.3 is 31.1 Å². The average Bonchev–Trinajstić information content (AvgIpc) is 2.59. The van der Waals surface area contributed by atoms with Gasteiger partial charge in [-0.05, 0) is 39.5 Å². The van der Waals surface area contributed by atoms with Crippen LogP contribution in [-0.4, -0.2) is 65.2 Å². The number of carbonyl (C=O) groups is 5. The minimum Gasteiger partial charge on any atom is -0.480 e. The first-order valence-electron chi connectivity index (χ1n) is 10.1. The van der Waals surface area contributed by atoms with Crippen LogP contribution in [0.4, 0.5) is 4.79 Å². The van der Waals surface area contributed by atoms with Crippen LogP contribution >= 0.6 is 0 Å². The summed E-state index contributed by atoms with van der Waals surface area (Å²) in [4.78, 5) is 59.9. The number of hydrogen-bond acceptors (Lipinski definition) is 6. The molecule has 0 saturated heterocycles. The number of ether oxygens (including phenoxy) is 1. The second kappa shape index (κ2) is 12.1. The van der Waals surface area contributed by atoms with Crippen LogP contribution in [0.1, 0.15) is 55.4 Å². The Morgan fingerprint density at radius 3 is 1.71 bits per heavy atom. The third-order valence-electron chi connectivity index (χ3n) is 4.04. The van der Waals surface area contributed by atoms with Crippen molar-refractivity contribution in [3.63, 3.8) is 0 Å². The molecule has 0 heterocycles. The van der Waals surface area contributed by atoms with E-state index >= 15 is 0 Å². The molecule has 0 aliphatic rings. The number of carboxylic acid groups (broad SMARTS) is 1. The molecule has 11 nitrogen and oxygen atoms in total. The molecule has 0 rings (SSSR count). The maximum atomic E-state index is 12.8. The maximum Gasteiger partial charge on any atom is 0.408 e. The smallest absolute Gasteiger partial charge is 0.408 e. The van der Waals surface area contributed by atoms with E-state index in [2.05, 4.69) is 21.3 Å². The van der Waals surface area contributed by atoms with E-state index < -0.39 is 60.1 Å². The van der Waals surface area contributed by atoms with Gasteiger partial charge in [-0.25, -0.2) is 4.79 Å². The summed E-state index contributed by atoms with van der Waals surface area (Å²) < 4.78 is 5.19. The van der Waals surface area contributed by atoms with Gasteiger partial charge in [-0.1, -0.05) is 27.7 Å². The minimum atomic E-state index is -1.20. The highest BCUT2D eigenvalue weighted by Crippen LogP contribution is 2.10. The fraction of sp³-hybridized carbons (Fsp3) is 0.750. The molecule has 0 saturated carbocycles. The molecule has 0 fully saturated rings. The van der Waals surface area contributed by atoms with Crippen molar-refractivity contribution in [3.05, 3.63) is 0 Å². The van der Waals surface area contributed by atoms with Crippen molar-refractivity contribution in [1.82, 2.24) is 21.3 Å². The fourth-order valence-corrected chi connectivity index (χ4v) is 2.38. The zero-order chi connectivity index (χ0) is 24.5. The van der Waals surface area contributed by atoms with Crippen molar-refractivity contribution >= 4 is 29.8 Å². The van der Waals surface area contributed by atoms with Gasteiger partial charge in [0.05, 0.1) is 6.54 Å². The first-order chi connectivity index (χ1) is 14.0. The number of rotatable bonds is 10. The van der Waals surface area contributed by atoms with E-state index in [1.54, 1.807) is 48.5 Å². The van der Waals surface area contributed by atoms with E-state index in [1.165, 1.54) is 6.92 Å². The molecule has 0 unspecified atom stereocenters. The Kier molecular flexibility index (Phi) is 11.0. The molecule has 11 heteroatoms. The summed E-state index contributed by atoms with van der Waals surface area (Å²) in [7, 11) is 0. The van der Waals surface area contributed by atoms with Gasteiger partial charge in [0, 0.05) is 0 Å². The van der Waals surface area contributed by atoms with Gasteiger partial charge in [0.15, 0.2) is 0 Å². The molecule has 5 N–H and O–H groups in total. The number of hydrogen-bond donors (Lipinski definition) is 5. The topological polar surface area (TPSA) is 163 Å². The number of nitrogens with one attached hydrogen (secondary N) is 4. The summed E-state index contributed by atoms with van der Waals surface area (Å²) in [6.45, 7) is 12.8. The molecular weight excluding hydrogens is 408 g/mol. The lowest BCUT2D eigenvalue weighted by Gasteiger charge is -2.28. The van der Waals surface area contributed by atoms with E-state index in [9.17, 15) is 24.0 Å². The monoisotopic (exact) mass is 444 g/mol. The van der Waals surface area contributed by atoms with E-state index in [4.69, 9.17) is 9.84 Å². The highest BCUT2D eigenvalue weighted by molar-refractivity contribution is 5.93. The Balaban J connectivity index is 5.06. The van der Waals surface area contributed by atoms with Gasteiger partial charge >= 0.3 is 12.1 Å².